The number of ether oxygens (including phenoxy) is 2. The fraction of sp³-hybridized carbons (Fsp3) is 0.615. The average Bonchev–Trinajstić information content (AvgIpc) is 2.91. The number of phenols is 2. The molecular weight excluding hydrogens is 596 g/mol. The number of phenolic OH excluding ortho intramolecular Hbond substituents is 2. The van der Waals surface area contributed by atoms with E-state index in [1.807, 2.05) is 107 Å². The molecule has 0 radical (unpaired) electrons. The lowest BCUT2D eigenvalue weighted by atomic mass is 9.78. The van der Waals surface area contributed by atoms with Crippen LogP contribution in [0.2, 0.25) is 0 Å². The second-order valence-corrected chi connectivity index (χ2v) is 17.3. The second-order valence-electron chi connectivity index (χ2n) is 17.3. The van der Waals surface area contributed by atoms with Crippen LogP contribution < -0.4 is 0 Å². The number of esters is 2. The zero-order valence-electron chi connectivity index (χ0n) is 30.9. The molecule has 0 fully saturated rings. The normalized spacial score (nSPS) is 13.0. The van der Waals surface area contributed by atoms with Gasteiger partial charge in [-0.25, -0.2) is 0 Å². The van der Waals surface area contributed by atoms with Crippen molar-refractivity contribution in [3.63, 3.8) is 0 Å². The summed E-state index contributed by atoms with van der Waals surface area (Å²) in [6.07, 6.45) is 0.755. The molecule has 0 aliphatic carbocycles. The molecule has 0 spiro atoms. The van der Waals surface area contributed by atoms with E-state index in [9.17, 15) is 29.7 Å². The van der Waals surface area contributed by atoms with E-state index in [4.69, 9.17) is 9.47 Å². The Morgan fingerprint density at radius 2 is 0.787 bits per heavy atom. The Morgan fingerprint density at radius 3 is 1.00 bits per heavy atom. The molecule has 0 saturated carbocycles. The molecule has 47 heavy (non-hydrogen) atoms. The fourth-order valence-electron chi connectivity index (χ4n) is 5.25. The molecule has 0 unspecified atom stereocenters. The molecule has 0 saturated heterocycles. The summed E-state index contributed by atoms with van der Waals surface area (Å²) in [4.78, 5) is 37.7. The van der Waals surface area contributed by atoms with Crippen LogP contribution in [0.5, 0.6) is 11.5 Å². The van der Waals surface area contributed by atoms with Crippen molar-refractivity contribution < 1.29 is 39.2 Å². The van der Waals surface area contributed by atoms with E-state index in [1.54, 1.807) is 0 Å². The molecule has 0 aromatic heterocycles. The first-order valence-electron chi connectivity index (χ1n) is 16.4. The molecule has 3 N–H and O–H groups in total. The van der Waals surface area contributed by atoms with Gasteiger partial charge in [-0.2, -0.15) is 0 Å². The number of benzene rings is 2. The molecular formula is C39H58O8. The minimum Gasteiger partial charge on any atom is -0.507 e. The molecule has 0 aliphatic heterocycles. The predicted octanol–water partition coefficient (Wildman–Crippen LogP) is 8.03. The van der Waals surface area contributed by atoms with E-state index >= 15 is 0 Å². The van der Waals surface area contributed by atoms with Crippen LogP contribution in [0.25, 0.3) is 0 Å². The monoisotopic (exact) mass is 654 g/mol. The third-order valence-electron chi connectivity index (χ3n) is 8.43. The Hall–Kier alpha value is -3.55. The number of rotatable bonds is 11. The lowest BCUT2D eigenvalue weighted by molar-refractivity contribution is -0.165. The van der Waals surface area contributed by atoms with Gasteiger partial charge in [0.05, 0.1) is 0 Å². The van der Waals surface area contributed by atoms with Crippen LogP contribution in [0.1, 0.15) is 136 Å². The molecule has 262 valence electrons. The summed E-state index contributed by atoms with van der Waals surface area (Å²) < 4.78 is 10.8. The van der Waals surface area contributed by atoms with E-state index in [0.717, 1.165) is 33.4 Å². The number of aryl methyl sites for hydroxylation is 2. The largest absolute Gasteiger partial charge is 0.507 e. The maximum atomic E-state index is 12.7. The molecule has 8 nitrogen and oxygen atoms in total. The Bertz CT molecular complexity index is 1280. The maximum absolute atomic E-state index is 12.7. The zero-order chi connectivity index (χ0) is 36.3. The first kappa shape index (κ1) is 39.6. The summed E-state index contributed by atoms with van der Waals surface area (Å²) in [6, 6.07) is 7.63. The Balaban J connectivity index is 2.06. The fourth-order valence-corrected chi connectivity index (χ4v) is 5.25. The van der Waals surface area contributed by atoms with E-state index < -0.39 is 36.5 Å². The van der Waals surface area contributed by atoms with Gasteiger partial charge in [0.15, 0.2) is 0 Å². The Labute approximate surface area is 281 Å². The number of aromatic hydroxyl groups is 2. The van der Waals surface area contributed by atoms with Gasteiger partial charge in [0.1, 0.15) is 30.1 Å². The van der Waals surface area contributed by atoms with Crippen molar-refractivity contribution in [3.05, 3.63) is 57.6 Å². The number of hydrogen-bond donors (Lipinski definition) is 3. The third-order valence-corrected chi connectivity index (χ3v) is 8.43. The van der Waals surface area contributed by atoms with Gasteiger partial charge < -0.3 is 24.8 Å². The van der Waals surface area contributed by atoms with E-state index in [2.05, 4.69) is 0 Å². The summed E-state index contributed by atoms with van der Waals surface area (Å²) in [5, 5.41) is 31.9. The summed E-state index contributed by atoms with van der Waals surface area (Å²) in [6.45, 7) is 24.7. The summed E-state index contributed by atoms with van der Waals surface area (Å²) >= 11 is 0. The molecule has 0 bridgehead atoms. The van der Waals surface area contributed by atoms with Crippen molar-refractivity contribution in [3.8, 4) is 11.5 Å². The highest BCUT2D eigenvalue weighted by Crippen LogP contribution is 2.41. The molecule has 2 aromatic carbocycles. The van der Waals surface area contributed by atoms with Gasteiger partial charge >= 0.3 is 17.9 Å². The lowest BCUT2D eigenvalue weighted by Crippen LogP contribution is -2.39. The minimum atomic E-state index is -1.62. The average molecular weight is 655 g/mol. The van der Waals surface area contributed by atoms with E-state index in [1.165, 1.54) is 6.92 Å². The number of hydrogen-bond acceptors (Lipinski definition) is 7. The van der Waals surface area contributed by atoms with Crippen LogP contribution >= 0.6 is 0 Å². The molecule has 0 heterocycles. The topological polar surface area (TPSA) is 130 Å². The Morgan fingerprint density at radius 1 is 0.532 bits per heavy atom. The molecule has 0 aliphatic rings. The first-order chi connectivity index (χ1) is 21.2. The molecule has 0 amide bonds. The van der Waals surface area contributed by atoms with Crippen LogP contribution in [0.3, 0.4) is 0 Å². The molecule has 8 heteroatoms. The number of aliphatic carboxylic acids is 1. The number of carbonyl (C=O) groups is 3. The van der Waals surface area contributed by atoms with Crippen molar-refractivity contribution in [2.75, 3.05) is 13.2 Å². The van der Waals surface area contributed by atoms with Crippen molar-refractivity contribution in [1.82, 2.24) is 0 Å². The van der Waals surface area contributed by atoms with Gasteiger partial charge in [0, 0.05) is 12.8 Å². The van der Waals surface area contributed by atoms with Gasteiger partial charge in [-0.05, 0) is 74.8 Å². The standard InChI is InChI=1S/C39H58O8/c1-35(2,3)26-18-24(19-27(32(26)42)36(4,5)6)14-16-30(40)46-22-39(13,34(44)45)23-47-31(41)17-15-25-20-28(37(7,8)9)33(43)29(21-25)38(10,11)12/h18-21,42-43H,14-17,22-23H2,1-13H3,(H,44,45). The highest BCUT2D eigenvalue weighted by atomic mass is 16.6. The maximum Gasteiger partial charge on any atom is 0.316 e. The van der Waals surface area contributed by atoms with Crippen molar-refractivity contribution in [2.24, 2.45) is 5.41 Å². The van der Waals surface area contributed by atoms with Crippen LogP contribution in [-0.2, 0) is 58.4 Å². The highest BCUT2D eigenvalue weighted by molar-refractivity contribution is 5.77. The van der Waals surface area contributed by atoms with Crippen LogP contribution in [0.15, 0.2) is 24.3 Å². The number of carboxylic acids is 1. The molecule has 2 rings (SSSR count). The van der Waals surface area contributed by atoms with E-state index in [-0.39, 0.29) is 46.0 Å². The van der Waals surface area contributed by atoms with Crippen molar-refractivity contribution in [1.29, 1.82) is 0 Å². The lowest BCUT2D eigenvalue weighted by Gasteiger charge is -2.28. The summed E-state index contributed by atoms with van der Waals surface area (Å²) in [5.41, 5.74) is 2.07. The third kappa shape index (κ3) is 10.7. The SMILES string of the molecule is CC(COC(=O)CCc1cc(C(C)(C)C)c(O)c(C(C)(C)C)c1)(COC(=O)CCc1cc(C(C)(C)C)c(O)c(C(C)(C)C)c1)C(=O)O. The van der Waals surface area contributed by atoms with E-state index in [0.29, 0.717) is 12.8 Å². The van der Waals surface area contributed by atoms with Gasteiger partial charge in [0.2, 0.25) is 0 Å². The van der Waals surface area contributed by atoms with Crippen molar-refractivity contribution >= 4 is 17.9 Å². The number of carboxylic acid groups (broad SMARTS) is 1. The zero-order valence-corrected chi connectivity index (χ0v) is 30.9. The van der Waals surface area contributed by atoms with Crippen LogP contribution in [0.4, 0.5) is 0 Å². The van der Waals surface area contributed by atoms with Crippen molar-refractivity contribution in [2.45, 2.75) is 137 Å². The van der Waals surface area contributed by atoms with Gasteiger partial charge in [-0.1, -0.05) is 107 Å². The van der Waals surface area contributed by atoms with Crippen LogP contribution in [0, 0.1) is 5.41 Å². The van der Waals surface area contributed by atoms with Crippen LogP contribution in [-0.4, -0.2) is 46.4 Å². The highest BCUT2D eigenvalue weighted by Gasteiger charge is 2.37. The number of carbonyl (C=O) groups excluding carboxylic acids is 2. The van der Waals surface area contributed by atoms with Gasteiger partial charge in [0.25, 0.3) is 0 Å². The second kappa shape index (κ2) is 14.3. The summed E-state index contributed by atoms with van der Waals surface area (Å²) in [7, 11) is 0. The quantitative estimate of drug-likeness (QED) is 0.208. The first-order valence-corrected chi connectivity index (χ1v) is 16.4. The van der Waals surface area contributed by atoms with Gasteiger partial charge in [-0.3, -0.25) is 14.4 Å². The predicted molar refractivity (Wildman–Crippen MR) is 185 cm³/mol. The Kier molecular flexibility index (Phi) is 12.0. The van der Waals surface area contributed by atoms with Gasteiger partial charge in [-0.15, -0.1) is 0 Å². The smallest absolute Gasteiger partial charge is 0.316 e. The minimum absolute atomic E-state index is 0.0210. The molecule has 0 atom stereocenters. The summed E-state index contributed by atoms with van der Waals surface area (Å²) in [5.74, 6) is -1.86. The molecule has 2 aromatic rings.